The third kappa shape index (κ3) is 4.17. The number of carbonyl (C=O) groups excluding carboxylic acids is 2. The number of carbonyl (C=O) groups is 2. The molecule has 25 heavy (non-hydrogen) atoms. The van der Waals surface area contributed by atoms with Crippen LogP contribution in [0.5, 0.6) is 0 Å². The van der Waals surface area contributed by atoms with Gasteiger partial charge in [0.15, 0.2) is 5.69 Å². The highest BCUT2D eigenvalue weighted by Gasteiger charge is 2.33. The van der Waals surface area contributed by atoms with E-state index in [9.17, 15) is 22.8 Å². The van der Waals surface area contributed by atoms with Gasteiger partial charge in [-0.3, -0.25) is 19.0 Å². The van der Waals surface area contributed by atoms with E-state index in [1.165, 1.54) is 15.8 Å². The summed E-state index contributed by atoms with van der Waals surface area (Å²) in [4.78, 5) is 25.6. The van der Waals surface area contributed by atoms with Crippen LogP contribution in [-0.4, -0.2) is 50.4 Å². The Balaban J connectivity index is 2.14. The highest BCUT2D eigenvalue weighted by Crippen LogP contribution is 2.27. The summed E-state index contributed by atoms with van der Waals surface area (Å²) in [6.07, 6.45) is -2.19. The van der Waals surface area contributed by atoms with Crippen LogP contribution in [-0.2, 0) is 24.1 Å². The summed E-state index contributed by atoms with van der Waals surface area (Å²) in [7, 11) is 3.12. The van der Waals surface area contributed by atoms with Gasteiger partial charge in [0.2, 0.25) is 5.91 Å². The van der Waals surface area contributed by atoms with Crippen LogP contribution in [0.3, 0.4) is 0 Å². The third-order valence-corrected chi connectivity index (χ3v) is 3.26. The Labute approximate surface area is 141 Å². The topological polar surface area (TPSA) is 85.0 Å². The van der Waals surface area contributed by atoms with E-state index in [2.05, 4.69) is 15.5 Å². The molecule has 0 radical (unpaired) electrons. The van der Waals surface area contributed by atoms with Crippen molar-refractivity contribution < 1.29 is 22.8 Å². The highest BCUT2D eigenvalue weighted by molar-refractivity contribution is 6.02. The standard InChI is InChI=1S/C14H17F3N6O2/c1-4-23-12(13(25)21(2)3)9(7-18-23)19-11(24)8-22-6-5-10(20-22)14(15,16)17/h5-7H,4,8H2,1-3H3,(H,19,24). The number of nitrogens with zero attached hydrogens (tertiary/aromatic N) is 5. The first-order chi connectivity index (χ1) is 11.6. The summed E-state index contributed by atoms with van der Waals surface area (Å²) >= 11 is 0. The first-order valence-electron chi connectivity index (χ1n) is 7.31. The minimum Gasteiger partial charge on any atom is -0.343 e. The molecule has 0 aliphatic heterocycles. The van der Waals surface area contributed by atoms with Crippen molar-refractivity contribution >= 4 is 17.5 Å². The lowest BCUT2D eigenvalue weighted by molar-refractivity contribution is -0.141. The number of nitrogens with one attached hydrogen (secondary N) is 1. The first kappa shape index (κ1) is 18.5. The van der Waals surface area contributed by atoms with Crippen molar-refractivity contribution in [2.75, 3.05) is 19.4 Å². The van der Waals surface area contributed by atoms with Gasteiger partial charge in [0.1, 0.15) is 12.2 Å². The average molecular weight is 358 g/mol. The van der Waals surface area contributed by atoms with Crippen LogP contribution in [0.1, 0.15) is 23.1 Å². The molecule has 0 saturated carbocycles. The van der Waals surface area contributed by atoms with Crippen molar-refractivity contribution in [1.82, 2.24) is 24.5 Å². The number of anilines is 1. The molecule has 1 N–H and O–H groups in total. The Hall–Kier alpha value is -2.85. The van der Waals surface area contributed by atoms with Gasteiger partial charge in [-0.15, -0.1) is 0 Å². The maximum absolute atomic E-state index is 12.5. The molecular weight excluding hydrogens is 341 g/mol. The van der Waals surface area contributed by atoms with Gasteiger partial charge in [0.05, 0.1) is 11.9 Å². The number of halogens is 3. The van der Waals surface area contributed by atoms with E-state index in [0.717, 1.165) is 16.9 Å². The van der Waals surface area contributed by atoms with Crippen LogP contribution in [0, 0.1) is 0 Å². The zero-order valence-electron chi connectivity index (χ0n) is 13.8. The fourth-order valence-corrected chi connectivity index (χ4v) is 2.09. The number of aromatic nitrogens is 4. The van der Waals surface area contributed by atoms with E-state index in [1.807, 2.05) is 0 Å². The van der Waals surface area contributed by atoms with Crippen molar-refractivity contribution in [1.29, 1.82) is 0 Å². The maximum Gasteiger partial charge on any atom is 0.435 e. The number of rotatable bonds is 5. The molecule has 11 heteroatoms. The van der Waals surface area contributed by atoms with Gasteiger partial charge in [0, 0.05) is 26.8 Å². The summed E-state index contributed by atoms with van der Waals surface area (Å²) in [5.74, 6) is -0.978. The van der Waals surface area contributed by atoms with E-state index >= 15 is 0 Å². The van der Waals surface area contributed by atoms with Gasteiger partial charge in [-0.05, 0) is 13.0 Å². The normalized spacial score (nSPS) is 11.4. The number of hydrogen-bond acceptors (Lipinski definition) is 4. The predicted octanol–water partition coefficient (Wildman–Crippen LogP) is 1.46. The number of aryl methyl sites for hydroxylation is 1. The largest absolute Gasteiger partial charge is 0.435 e. The van der Waals surface area contributed by atoms with Crippen LogP contribution < -0.4 is 5.32 Å². The molecule has 2 aromatic rings. The molecule has 0 aliphatic carbocycles. The van der Waals surface area contributed by atoms with Gasteiger partial charge < -0.3 is 10.2 Å². The van der Waals surface area contributed by atoms with Crippen LogP contribution in [0.4, 0.5) is 18.9 Å². The van der Waals surface area contributed by atoms with Crippen LogP contribution in [0.2, 0.25) is 0 Å². The van der Waals surface area contributed by atoms with Crippen molar-refractivity contribution in [2.45, 2.75) is 26.2 Å². The molecule has 0 bridgehead atoms. The lowest BCUT2D eigenvalue weighted by atomic mass is 10.3. The van der Waals surface area contributed by atoms with Crippen molar-refractivity contribution in [3.63, 3.8) is 0 Å². The van der Waals surface area contributed by atoms with E-state index in [0.29, 0.717) is 6.54 Å². The highest BCUT2D eigenvalue weighted by atomic mass is 19.4. The van der Waals surface area contributed by atoms with E-state index in [4.69, 9.17) is 0 Å². The van der Waals surface area contributed by atoms with E-state index in [1.54, 1.807) is 21.0 Å². The molecule has 2 rings (SSSR count). The fraction of sp³-hybridized carbons (Fsp3) is 0.429. The predicted molar refractivity (Wildman–Crippen MR) is 81.8 cm³/mol. The molecule has 0 aromatic carbocycles. The Kier molecular flexibility index (Phi) is 5.14. The first-order valence-corrected chi connectivity index (χ1v) is 7.31. The molecule has 0 atom stereocenters. The summed E-state index contributed by atoms with van der Waals surface area (Å²) in [5.41, 5.74) is -0.700. The van der Waals surface area contributed by atoms with Gasteiger partial charge >= 0.3 is 6.18 Å². The zero-order chi connectivity index (χ0) is 18.8. The lowest BCUT2D eigenvalue weighted by Gasteiger charge is -2.13. The molecular formula is C14H17F3N6O2. The maximum atomic E-state index is 12.5. The van der Waals surface area contributed by atoms with Crippen LogP contribution in [0.25, 0.3) is 0 Å². The molecule has 2 amide bonds. The van der Waals surface area contributed by atoms with Gasteiger partial charge in [-0.25, -0.2) is 0 Å². The Morgan fingerprint density at radius 1 is 1.32 bits per heavy atom. The zero-order valence-corrected chi connectivity index (χ0v) is 13.8. The second-order valence-corrected chi connectivity index (χ2v) is 5.37. The summed E-state index contributed by atoms with van der Waals surface area (Å²) in [6, 6.07) is 0.781. The van der Waals surface area contributed by atoms with Crippen LogP contribution >= 0.6 is 0 Å². The SMILES string of the molecule is CCn1ncc(NC(=O)Cn2ccc(C(F)(F)F)n2)c1C(=O)N(C)C. The molecule has 136 valence electrons. The second-order valence-electron chi connectivity index (χ2n) is 5.37. The number of amides is 2. The average Bonchev–Trinajstić information content (AvgIpc) is 3.12. The van der Waals surface area contributed by atoms with Crippen molar-refractivity contribution in [3.8, 4) is 0 Å². The second kappa shape index (κ2) is 6.95. The Morgan fingerprint density at radius 3 is 2.52 bits per heavy atom. The minimum absolute atomic E-state index is 0.189. The Morgan fingerprint density at radius 2 is 2.00 bits per heavy atom. The lowest BCUT2D eigenvalue weighted by Crippen LogP contribution is -2.27. The molecule has 0 saturated heterocycles. The van der Waals surface area contributed by atoms with Crippen LogP contribution in [0.15, 0.2) is 18.5 Å². The molecule has 2 aromatic heterocycles. The number of alkyl halides is 3. The summed E-state index contributed by atoms with van der Waals surface area (Å²) in [5, 5.41) is 9.81. The van der Waals surface area contributed by atoms with Crippen molar-refractivity contribution in [2.24, 2.45) is 0 Å². The molecule has 0 fully saturated rings. The smallest absolute Gasteiger partial charge is 0.343 e. The summed E-state index contributed by atoms with van der Waals surface area (Å²) in [6.45, 7) is 1.77. The van der Waals surface area contributed by atoms with Crippen molar-refractivity contribution in [3.05, 3.63) is 29.8 Å². The fourth-order valence-electron chi connectivity index (χ4n) is 2.09. The quantitative estimate of drug-likeness (QED) is 0.877. The molecule has 0 aliphatic rings. The number of hydrogen-bond donors (Lipinski definition) is 1. The van der Waals surface area contributed by atoms with E-state index in [-0.39, 0.29) is 17.3 Å². The third-order valence-electron chi connectivity index (χ3n) is 3.26. The van der Waals surface area contributed by atoms with E-state index < -0.39 is 24.3 Å². The molecule has 0 unspecified atom stereocenters. The molecule has 8 nitrogen and oxygen atoms in total. The Bertz CT molecular complexity index is 778. The van der Waals surface area contributed by atoms with Gasteiger partial charge in [-0.1, -0.05) is 0 Å². The molecule has 0 spiro atoms. The monoisotopic (exact) mass is 358 g/mol. The van der Waals surface area contributed by atoms with Gasteiger partial charge in [-0.2, -0.15) is 23.4 Å². The van der Waals surface area contributed by atoms with Gasteiger partial charge in [0.25, 0.3) is 5.91 Å². The molecule has 2 heterocycles. The summed E-state index contributed by atoms with van der Waals surface area (Å²) < 4.78 is 39.8. The minimum atomic E-state index is -4.57.